The molecule has 3 aromatic rings. The topological polar surface area (TPSA) is 32.3 Å². The van der Waals surface area contributed by atoms with Crippen molar-refractivity contribution >= 4 is 17.4 Å². The number of hydrogen-bond donors (Lipinski definition) is 0. The van der Waals surface area contributed by atoms with Crippen molar-refractivity contribution in [3.05, 3.63) is 89.3 Å². The van der Waals surface area contributed by atoms with E-state index in [0.29, 0.717) is 5.15 Å². The molecule has 132 valence electrons. The summed E-state index contributed by atoms with van der Waals surface area (Å²) in [7, 11) is 0. The summed E-state index contributed by atoms with van der Waals surface area (Å²) in [5.74, 6) is 0.855. The number of piperazine rings is 1. The molecule has 4 nitrogen and oxygen atoms in total. The lowest BCUT2D eigenvalue weighted by Gasteiger charge is -2.40. The SMILES string of the molecule is Clc1cncc(N2CCN(C(c3ccccc3)c3ccccc3)CC2)n1. The van der Waals surface area contributed by atoms with Crippen LogP contribution in [0.5, 0.6) is 0 Å². The fourth-order valence-electron chi connectivity index (χ4n) is 3.58. The first kappa shape index (κ1) is 17.0. The van der Waals surface area contributed by atoms with Gasteiger partial charge in [-0.3, -0.25) is 9.88 Å². The van der Waals surface area contributed by atoms with Crippen molar-refractivity contribution in [2.24, 2.45) is 0 Å². The summed E-state index contributed by atoms with van der Waals surface area (Å²) >= 11 is 5.99. The lowest BCUT2D eigenvalue weighted by Crippen LogP contribution is -2.48. The Morgan fingerprint density at radius 1 is 0.769 bits per heavy atom. The third-order valence-electron chi connectivity index (χ3n) is 4.83. The molecule has 4 rings (SSSR count). The maximum atomic E-state index is 5.99. The highest BCUT2D eigenvalue weighted by atomic mass is 35.5. The number of benzene rings is 2. The van der Waals surface area contributed by atoms with E-state index in [1.54, 1.807) is 12.4 Å². The van der Waals surface area contributed by atoms with Gasteiger partial charge in [0.05, 0.1) is 18.4 Å². The van der Waals surface area contributed by atoms with Gasteiger partial charge in [-0.25, -0.2) is 4.98 Å². The number of anilines is 1. The maximum Gasteiger partial charge on any atom is 0.149 e. The van der Waals surface area contributed by atoms with E-state index in [9.17, 15) is 0 Å². The quantitative estimate of drug-likeness (QED) is 0.699. The van der Waals surface area contributed by atoms with Crippen LogP contribution in [0.25, 0.3) is 0 Å². The smallest absolute Gasteiger partial charge is 0.149 e. The summed E-state index contributed by atoms with van der Waals surface area (Å²) in [5, 5.41) is 0.441. The van der Waals surface area contributed by atoms with Crippen LogP contribution in [0, 0.1) is 0 Å². The van der Waals surface area contributed by atoms with E-state index in [1.807, 2.05) is 0 Å². The van der Waals surface area contributed by atoms with Gasteiger partial charge >= 0.3 is 0 Å². The molecule has 0 unspecified atom stereocenters. The van der Waals surface area contributed by atoms with Gasteiger partial charge in [0.15, 0.2) is 0 Å². The minimum atomic E-state index is 0.269. The predicted octanol–water partition coefficient (Wildman–Crippen LogP) is 4.04. The van der Waals surface area contributed by atoms with Gasteiger partial charge in [-0.2, -0.15) is 0 Å². The summed E-state index contributed by atoms with van der Waals surface area (Å²) in [6.07, 6.45) is 3.36. The third kappa shape index (κ3) is 3.71. The first-order valence-electron chi connectivity index (χ1n) is 8.88. The Bertz CT molecular complexity index is 793. The van der Waals surface area contributed by atoms with Crippen LogP contribution in [0.15, 0.2) is 73.1 Å². The monoisotopic (exact) mass is 364 g/mol. The largest absolute Gasteiger partial charge is 0.353 e. The second kappa shape index (κ2) is 7.85. The summed E-state index contributed by atoms with van der Waals surface area (Å²) in [5.41, 5.74) is 2.66. The van der Waals surface area contributed by atoms with Crippen LogP contribution in [-0.4, -0.2) is 41.0 Å². The van der Waals surface area contributed by atoms with E-state index in [1.165, 1.54) is 11.1 Å². The van der Waals surface area contributed by atoms with Crippen molar-refractivity contribution in [2.45, 2.75) is 6.04 Å². The Labute approximate surface area is 159 Å². The van der Waals surface area contributed by atoms with Crippen molar-refractivity contribution in [1.29, 1.82) is 0 Å². The molecule has 2 heterocycles. The molecule has 1 saturated heterocycles. The molecule has 1 aromatic heterocycles. The van der Waals surface area contributed by atoms with Gasteiger partial charge in [-0.05, 0) is 11.1 Å². The molecule has 0 bridgehead atoms. The Morgan fingerprint density at radius 2 is 1.35 bits per heavy atom. The molecule has 0 radical (unpaired) electrons. The minimum Gasteiger partial charge on any atom is -0.353 e. The van der Waals surface area contributed by atoms with Gasteiger partial charge in [0.1, 0.15) is 11.0 Å². The van der Waals surface area contributed by atoms with E-state index in [2.05, 4.69) is 80.4 Å². The molecule has 26 heavy (non-hydrogen) atoms. The van der Waals surface area contributed by atoms with Crippen LogP contribution in [0.3, 0.4) is 0 Å². The van der Waals surface area contributed by atoms with E-state index >= 15 is 0 Å². The lowest BCUT2D eigenvalue weighted by molar-refractivity contribution is 0.212. The van der Waals surface area contributed by atoms with Gasteiger partial charge in [-0.1, -0.05) is 72.3 Å². The zero-order chi connectivity index (χ0) is 17.8. The highest BCUT2D eigenvalue weighted by Crippen LogP contribution is 2.30. The summed E-state index contributed by atoms with van der Waals surface area (Å²) in [6.45, 7) is 3.74. The van der Waals surface area contributed by atoms with Crippen molar-refractivity contribution in [3.8, 4) is 0 Å². The molecule has 0 amide bonds. The van der Waals surface area contributed by atoms with Crippen molar-refractivity contribution in [1.82, 2.24) is 14.9 Å². The molecule has 0 spiro atoms. The number of nitrogens with zero attached hydrogens (tertiary/aromatic N) is 4. The molecule has 2 aromatic carbocycles. The summed E-state index contributed by atoms with van der Waals surface area (Å²) < 4.78 is 0. The molecule has 0 N–H and O–H groups in total. The number of rotatable bonds is 4. The second-order valence-electron chi connectivity index (χ2n) is 6.45. The molecule has 1 aliphatic heterocycles. The van der Waals surface area contributed by atoms with Crippen LogP contribution in [0.2, 0.25) is 5.15 Å². The molecule has 1 aliphatic rings. The van der Waals surface area contributed by atoms with E-state index < -0.39 is 0 Å². The third-order valence-corrected chi connectivity index (χ3v) is 5.01. The van der Waals surface area contributed by atoms with E-state index in [4.69, 9.17) is 11.6 Å². The Morgan fingerprint density at radius 3 is 1.88 bits per heavy atom. The molecule has 5 heteroatoms. The fourth-order valence-corrected chi connectivity index (χ4v) is 3.72. The highest BCUT2D eigenvalue weighted by Gasteiger charge is 2.26. The first-order valence-corrected chi connectivity index (χ1v) is 9.25. The van der Waals surface area contributed by atoms with Crippen molar-refractivity contribution in [3.63, 3.8) is 0 Å². The van der Waals surface area contributed by atoms with Gasteiger partial charge in [0.2, 0.25) is 0 Å². The Balaban J connectivity index is 1.55. The van der Waals surface area contributed by atoms with Crippen LogP contribution < -0.4 is 4.90 Å². The number of halogens is 1. The van der Waals surface area contributed by atoms with Crippen molar-refractivity contribution < 1.29 is 0 Å². The zero-order valence-corrected chi connectivity index (χ0v) is 15.3. The standard InChI is InChI=1S/C21H21ClN4/c22-19-15-23-16-20(24-19)25-11-13-26(14-12-25)21(17-7-3-1-4-8-17)18-9-5-2-6-10-18/h1-10,15-16,21H,11-14H2. The molecule has 0 saturated carbocycles. The second-order valence-corrected chi connectivity index (χ2v) is 6.83. The van der Waals surface area contributed by atoms with Crippen LogP contribution >= 0.6 is 11.6 Å². The molecular weight excluding hydrogens is 344 g/mol. The Hall–Kier alpha value is -2.43. The van der Waals surface area contributed by atoms with Crippen LogP contribution in [-0.2, 0) is 0 Å². The lowest BCUT2D eigenvalue weighted by atomic mass is 9.96. The van der Waals surface area contributed by atoms with Crippen LogP contribution in [0.4, 0.5) is 5.82 Å². The van der Waals surface area contributed by atoms with Gasteiger partial charge in [0, 0.05) is 26.2 Å². The van der Waals surface area contributed by atoms with Gasteiger partial charge in [-0.15, -0.1) is 0 Å². The average molecular weight is 365 g/mol. The number of hydrogen-bond acceptors (Lipinski definition) is 4. The normalized spacial score (nSPS) is 15.4. The summed E-state index contributed by atoms with van der Waals surface area (Å²) in [6, 6.07) is 21.7. The Kier molecular flexibility index (Phi) is 5.14. The van der Waals surface area contributed by atoms with E-state index in [-0.39, 0.29) is 6.04 Å². The fraction of sp³-hybridized carbons (Fsp3) is 0.238. The zero-order valence-electron chi connectivity index (χ0n) is 14.5. The van der Waals surface area contributed by atoms with Gasteiger partial charge in [0.25, 0.3) is 0 Å². The average Bonchev–Trinajstić information content (AvgIpc) is 2.70. The minimum absolute atomic E-state index is 0.269. The maximum absolute atomic E-state index is 5.99. The first-order chi connectivity index (χ1) is 12.8. The molecular formula is C21H21ClN4. The van der Waals surface area contributed by atoms with Crippen molar-refractivity contribution in [2.75, 3.05) is 31.1 Å². The number of aromatic nitrogens is 2. The molecule has 1 fully saturated rings. The molecule has 0 atom stereocenters. The van der Waals surface area contributed by atoms with Crippen LogP contribution in [0.1, 0.15) is 17.2 Å². The predicted molar refractivity (Wildman–Crippen MR) is 106 cm³/mol. The van der Waals surface area contributed by atoms with E-state index in [0.717, 1.165) is 32.0 Å². The van der Waals surface area contributed by atoms with Gasteiger partial charge < -0.3 is 4.90 Å². The molecule has 0 aliphatic carbocycles. The summed E-state index contributed by atoms with van der Waals surface area (Å²) in [4.78, 5) is 13.3. The highest BCUT2D eigenvalue weighted by molar-refractivity contribution is 6.29.